The van der Waals surface area contributed by atoms with Crippen molar-refractivity contribution in [3.63, 3.8) is 0 Å². The predicted molar refractivity (Wildman–Crippen MR) is 65.0 cm³/mol. The molecule has 18 heavy (non-hydrogen) atoms. The van der Waals surface area contributed by atoms with E-state index in [4.69, 9.17) is 16.3 Å². The molecule has 0 aromatic rings. The van der Waals surface area contributed by atoms with Gasteiger partial charge in [0.25, 0.3) is 0 Å². The van der Waals surface area contributed by atoms with E-state index in [1.807, 2.05) is 6.92 Å². The summed E-state index contributed by atoms with van der Waals surface area (Å²) in [7, 11) is 1.64. The van der Waals surface area contributed by atoms with E-state index in [1.54, 1.807) is 7.05 Å². The maximum atomic E-state index is 12.1. The normalized spacial score (nSPS) is 22.3. The van der Waals surface area contributed by atoms with Crippen LogP contribution in [0.25, 0.3) is 0 Å². The average molecular weight is 254 g/mol. The van der Waals surface area contributed by atoms with Gasteiger partial charge in [0.15, 0.2) is 0 Å². The third kappa shape index (κ3) is 3.37. The van der Waals surface area contributed by atoms with Gasteiger partial charge in [-0.15, -0.1) is 6.42 Å². The summed E-state index contributed by atoms with van der Waals surface area (Å²) in [5.41, 5.74) is 0. The molecule has 0 aromatic heterocycles. The van der Waals surface area contributed by atoms with Crippen LogP contribution in [0.1, 0.15) is 13.3 Å². The number of urea groups is 1. The van der Waals surface area contributed by atoms with Crippen molar-refractivity contribution in [1.29, 1.82) is 0 Å². The molecule has 0 aliphatic carbocycles. The minimum Gasteiger partial charge on any atom is -0.480 e. The van der Waals surface area contributed by atoms with E-state index in [1.165, 1.54) is 4.90 Å². The number of nitrogens with zero attached hydrogens (tertiary/aromatic N) is 2. The van der Waals surface area contributed by atoms with E-state index < -0.39 is 12.5 Å². The van der Waals surface area contributed by atoms with Gasteiger partial charge in [-0.1, -0.05) is 5.92 Å². The summed E-state index contributed by atoms with van der Waals surface area (Å²) in [6.07, 6.45) is 5.85. The molecule has 2 atom stereocenters. The first-order chi connectivity index (χ1) is 8.47. The molecule has 2 amide bonds. The van der Waals surface area contributed by atoms with Gasteiger partial charge in [0.1, 0.15) is 6.54 Å². The highest BCUT2D eigenvalue weighted by Gasteiger charge is 2.32. The Hall–Kier alpha value is -1.74. The van der Waals surface area contributed by atoms with Crippen molar-refractivity contribution in [1.82, 2.24) is 9.80 Å². The van der Waals surface area contributed by atoms with Gasteiger partial charge in [-0.05, 0) is 13.3 Å². The first-order valence-corrected chi connectivity index (χ1v) is 5.76. The van der Waals surface area contributed by atoms with Gasteiger partial charge in [0.2, 0.25) is 0 Å². The summed E-state index contributed by atoms with van der Waals surface area (Å²) in [6, 6.07) is -0.413. The molecule has 1 fully saturated rings. The first kappa shape index (κ1) is 14.3. The van der Waals surface area contributed by atoms with Gasteiger partial charge in [-0.25, -0.2) is 4.79 Å². The number of carbonyl (C=O) groups excluding carboxylic acids is 1. The Balaban J connectivity index is 2.69. The largest absolute Gasteiger partial charge is 0.480 e. The Morgan fingerprint density at radius 3 is 2.67 bits per heavy atom. The quantitative estimate of drug-likeness (QED) is 0.729. The minimum absolute atomic E-state index is 0.0164. The van der Waals surface area contributed by atoms with Crippen LogP contribution in [0.2, 0.25) is 0 Å². The molecule has 1 N–H and O–H groups in total. The zero-order valence-corrected chi connectivity index (χ0v) is 10.6. The SMILES string of the molecule is C#CCN(CC(=O)O)C(=O)N(C)C1CCOC1C. The van der Waals surface area contributed by atoms with Crippen molar-refractivity contribution in [2.24, 2.45) is 0 Å². The lowest BCUT2D eigenvalue weighted by atomic mass is 10.1. The third-order valence-corrected chi connectivity index (χ3v) is 3.01. The van der Waals surface area contributed by atoms with Crippen molar-refractivity contribution in [3.8, 4) is 12.3 Å². The highest BCUT2D eigenvalue weighted by atomic mass is 16.5. The van der Waals surface area contributed by atoms with Crippen LogP contribution in [0.5, 0.6) is 0 Å². The fraction of sp³-hybridized carbons (Fsp3) is 0.667. The lowest BCUT2D eigenvalue weighted by Crippen LogP contribution is -2.49. The van der Waals surface area contributed by atoms with Crippen molar-refractivity contribution >= 4 is 12.0 Å². The summed E-state index contributed by atoms with van der Waals surface area (Å²) in [5, 5.41) is 8.75. The molecule has 0 aromatic carbocycles. The summed E-state index contributed by atoms with van der Waals surface area (Å²) in [5.74, 6) is 1.21. The highest BCUT2D eigenvalue weighted by molar-refractivity contribution is 5.80. The highest BCUT2D eigenvalue weighted by Crippen LogP contribution is 2.19. The molecule has 2 unspecified atom stereocenters. The zero-order valence-electron chi connectivity index (χ0n) is 10.6. The zero-order chi connectivity index (χ0) is 13.7. The lowest BCUT2D eigenvalue weighted by molar-refractivity contribution is -0.137. The van der Waals surface area contributed by atoms with E-state index >= 15 is 0 Å². The second-order valence-electron chi connectivity index (χ2n) is 4.28. The number of ether oxygens (including phenoxy) is 1. The van der Waals surface area contributed by atoms with Gasteiger partial charge in [-0.3, -0.25) is 4.79 Å². The van der Waals surface area contributed by atoms with Crippen LogP contribution in [0, 0.1) is 12.3 Å². The maximum absolute atomic E-state index is 12.1. The van der Waals surface area contributed by atoms with Gasteiger partial charge in [-0.2, -0.15) is 0 Å². The van der Waals surface area contributed by atoms with Gasteiger partial charge in [0.05, 0.1) is 18.7 Å². The fourth-order valence-electron chi connectivity index (χ4n) is 2.06. The van der Waals surface area contributed by atoms with E-state index in [-0.39, 0.29) is 24.7 Å². The molecule has 1 saturated heterocycles. The standard InChI is InChI=1S/C12H18N2O4/c1-4-6-14(8-11(15)16)12(17)13(3)10-5-7-18-9(10)2/h1,9-10H,5-8H2,2-3H3,(H,15,16). The van der Waals surface area contributed by atoms with Crippen LogP contribution in [-0.2, 0) is 9.53 Å². The molecule has 1 aliphatic rings. The molecular formula is C12H18N2O4. The Labute approximate surface area is 106 Å². The first-order valence-electron chi connectivity index (χ1n) is 5.76. The number of carboxylic acids is 1. The Morgan fingerprint density at radius 1 is 1.56 bits per heavy atom. The van der Waals surface area contributed by atoms with Crippen LogP contribution in [0.15, 0.2) is 0 Å². The number of rotatable bonds is 4. The molecule has 6 heteroatoms. The number of terminal acetylenes is 1. The number of hydrogen-bond acceptors (Lipinski definition) is 3. The Morgan fingerprint density at radius 2 is 2.22 bits per heavy atom. The number of amides is 2. The van der Waals surface area contributed by atoms with E-state index in [0.717, 1.165) is 11.3 Å². The fourth-order valence-corrected chi connectivity index (χ4v) is 2.06. The molecular weight excluding hydrogens is 236 g/mol. The molecule has 1 heterocycles. The Kier molecular flexibility index (Phi) is 4.98. The van der Waals surface area contributed by atoms with Gasteiger partial charge < -0.3 is 19.6 Å². The molecule has 1 rings (SSSR count). The van der Waals surface area contributed by atoms with E-state index in [0.29, 0.717) is 6.61 Å². The monoisotopic (exact) mass is 254 g/mol. The maximum Gasteiger partial charge on any atom is 0.323 e. The van der Waals surface area contributed by atoms with Gasteiger partial charge in [0, 0.05) is 13.7 Å². The molecule has 1 aliphatic heterocycles. The summed E-state index contributed by atoms with van der Waals surface area (Å²) in [4.78, 5) is 25.5. The molecule has 0 bridgehead atoms. The van der Waals surface area contributed by atoms with Crippen molar-refractivity contribution < 1.29 is 19.4 Å². The molecule has 6 nitrogen and oxygen atoms in total. The second kappa shape index (κ2) is 6.26. The number of likely N-dealkylation sites (N-methyl/N-ethyl adjacent to an activating group) is 1. The van der Waals surface area contributed by atoms with E-state index in [2.05, 4.69) is 5.92 Å². The van der Waals surface area contributed by atoms with E-state index in [9.17, 15) is 9.59 Å². The number of aliphatic carboxylic acids is 1. The Bertz CT molecular complexity index is 364. The summed E-state index contributed by atoms with van der Waals surface area (Å²) < 4.78 is 5.39. The van der Waals surface area contributed by atoms with Crippen molar-refractivity contribution in [3.05, 3.63) is 0 Å². The molecule has 100 valence electrons. The molecule has 0 saturated carbocycles. The summed E-state index contributed by atoms with van der Waals surface area (Å²) in [6.45, 7) is 2.09. The second-order valence-corrected chi connectivity index (χ2v) is 4.28. The van der Waals surface area contributed by atoms with Crippen molar-refractivity contribution in [2.75, 3.05) is 26.7 Å². The number of carbonyl (C=O) groups is 2. The number of carboxylic acid groups (broad SMARTS) is 1. The summed E-state index contributed by atoms with van der Waals surface area (Å²) >= 11 is 0. The van der Waals surface area contributed by atoms with Crippen LogP contribution in [0.4, 0.5) is 4.79 Å². The van der Waals surface area contributed by atoms with Crippen molar-refractivity contribution in [2.45, 2.75) is 25.5 Å². The molecule has 0 radical (unpaired) electrons. The average Bonchev–Trinajstić information content (AvgIpc) is 2.72. The third-order valence-electron chi connectivity index (χ3n) is 3.01. The topological polar surface area (TPSA) is 70.1 Å². The minimum atomic E-state index is -1.08. The van der Waals surface area contributed by atoms with Crippen LogP contribution in [0.3, 0.4) is 0 Å². The molecule has 0 spiro atoms. The van der Waals surface area contributed by atoms with Gasteiger partial charge >= 0.3 is 12.0 Å². The van der Waals surface area contributed by atoms with Crippen LogP contribution < -0.4 is 0 Å². The van der Waals surface area contributed by atoms with Crippen LogP contribution >= 0.6 is 0 Å². The van der Waals surface area contributed by atoms with Crippen LogP contribution in [-0.4, -0.2) is 65.8 Å². The smallest absolute Gasteiger partial charge is 0.323 e. The number of hydrogen-bond donors (Lipinski definition) is 1. The predicted octanol–water partition coefficient (Wildman–Crippen LogP) is 0.235. The lowest BCUT2D eigenvalue weighted by Gasteiger charge is -2.31.